The highest BCUT2D eigenvalue weighted by molar-refractivity contribution is 5.69. The lowest BCUT2D eigenvalue weighted by molar-refractivity contribution is -0.140. The van der Waals surface area contributed by atoms with Gasteiger partial charge in [0, 0.05) is 25.7 Å². The normalized spacial score (nSPS) is 9.82. The van der Waals surface area contributed by atoms with E-state index in [0.29, 0.717) is 19.3 Å². The first kappa shape index (κ1) is 30.0. The molecule has 0 heterocycles. The van der Waals surface area contributed by atoms with Crippen LogP contribution in [0.2, 0.25) is 0 Å². The van der Waals surface area contributed by atoms with Gasteiger partial charge in [0.05, 0.1) is 12.1 Å². The van der Waals surface area contributed by atoms with E-state index in [0.717, 1.165) is 6.42 Å². The van der Waals surface area contributed by atoms with Crippen molar-refractivity contribution in [1.82, 2.24) is 0 Å². The second kappa shape index (κ2) is 17.7. The van der Waals surface area contributed by atoms with E-state index < -0.39 is 41.9 Å². The minimum absolute atomic E-state index is 0.0470. The van der Waals surface area contributed by atoms with E-state index in [1.54, 1.807) is 0 Å². The Morgan fingerprint density at radius 2 is 1.00 bits per heavy atom. The van der Waals surface area contributed by atoms with Gasteiger partial charge in [-0.3, -0.25) is 24.0 Å². The van der Waals surface area contributed by atoms with E-state index in [-0.39, 0.29) is 25.7 Å². The third-order valence-electron chi connectivity index (χ3n) is 2.78. The zero-order valence-corrected chi connectivity index (χ0v) is 15.8. The summed E-state index contributed by atoms with van der Waals surface area (Å²) >= 11 is 0. The highest BCUT2D eigenvalue weighted by Crippen LogP contribution is 2.07. The van der Waals surface area contributed by atoms with Gasteiger partial charge in [0.2, 0.25) is 0 Å². The van der Waals surface area contributed by atoms with E-state index in [4.69, 9.17) is 37.0 Å². The van der Waals surface area contributed by atoms with Crippen LogP contribution in [0.25, 0.3) is 0 Å². The van der Waals surface area contributed by atoms with E-state index in [1.165, 1.54) is 0 Å². The van der Waals surface area contributed by atoms with Crippen LogP contribution in [0.4, 0.5) is 0 Å². The van der Waals surface area contributed by atoms with Crippen LogP contribution in [0.5, 0.6) is 0 Å². The highest BCUT2D eigenvalue weighted by Gasteiger charge is 2.23. The van der Waals surface area contributed by atoms with Gasteiger partial charge in [-0.1, -0.05) is 6.92 Å². The molecule has 0 aliphatic heterocycles. The van der Waals surface area contributed by atoms with Gasteiger partial charge in [0.1, 0.15) is 0 Å². The van der Waals surface area contributed by atoms with Crippen molar-refractivity contribution in [3.63, 3.8) is 0 Å². The summed E-state index contributed by atoms with van der Waals surface area (Å²) < 4.78 is 0. The summed E-state index contributed by atoms with van der Waals surface area (Å²) in [6, 6.07) is 0. The molecule has 0 rings (SSSR count). The Labute approximate surface area is 162 Å². The minimum atomic E-state index is -1.43. The van der Waals surface area contributed by atoms with Crippen molar-refractivity contribution in [2.24, 2.45) is 11.5 Å². The molecule has 9 N–H and O–H groups in total. The van der Waals surface area contributed by atoms with Crippen LogP contribution in [-0.4, -0.2) is 61.0 Å². The highest BCUT2D eigenvalue weighted by atomic mass is 16.4. The number of carboxylic acid groups (broad SMARTS) is 5. The third kappa shape index (κ3) is 34.6. The Morgan fingerprint density at radius 1 is 0.643 bits per heavy atom. The smallest absolute Gasteiger partial charge is 0.306 e. The number of carbonyl (C=O) groups is 5. The van der Waals surface area contributed by atoms with Crippen molar-refractivity contribution < 1.29 is 49.5 Å². The summed E-state index contributed by atoms with van der Waals surface area (Å²) in [6.07, 6.45) is 1.34. The molecule has 12 heteroatoms. The van der Waals surface area contributed by atoms with E-state index in [2.05, 4.69) is 0 Å². The summed E-state index contributed by atoms with van der Waals surface area (Å²) in [5.41, 5.74) is 9.17. The lowest BCUT2D eigenvalue weighted by Gasteiger charge is -2.20. The van der Waals surface area contributed by atoms with Gasteiger partial charge in [-0.05, 0) is 25.7 Å². The first-order valence-electron chi connectivity index (χ1n) is 8.40. The fourth-order valence-corrected chi connectivity index (χ4v) is 1.48. The molecule has 0 radical (unpaired) electrons. The Bertz CT molecular complexity index is 490. The molecule has 0 atom stereocenters. The molecule has 28 heavy (non-hydrogen) atoms. The van der Waals surface area contributed by atoms with Gasteiger partial charge in [-0.25, -0.2) is 0 Å². The SMILES string of the molecule is CCCC(=O)O.NC(N)(CCC(=O)O)CC(=O)O.O=C(O)CCCCC(=O)O. The molecule has 0 aliphatic carbocycles. The second-order valence-corrected chi connectivity index (χ2v) is 5.84. The van der Waals surface area contributed by atoms with E-state index >= 15 is 0 Å². The molecule has 0 aliphatic rings. The predicted octanol–water partition coefficient (Wildman–Crippen LogP) is 0.527. The topological polar surface area (TPSA) is 239 Å². The monoisotopic (exact) mass is 410 g/mol. The average molecular weight is 410 g/mol. The quantitative estimate of drug-likeness (QED) is 0.172. The Hall–Kier alpha value is -2.73. The first-order chi connectivity index (χ1) is 12.7. The molecule has 0 aromatic heterocycles. The molecule has 0 unspecified atom stereocenters. The van der Waals surface area contributed by atoms with Crippen LogP contribution >= 0.6 is 0 Å². The van der Waals surface area contributed by atoms with Crippen LogP contribution in [-0.2, 0) is 24.0 Å². The summed E-state index contributed by atoms with van der Waals surface area (Å²) in [5.74, 6) is -4.63. The molecule has 0 saturated heterocycles. The summed E-state index contributed by atoms with van der Waals surface area (Å²) in [4.78, 5) is 49.6. The van der Waals surface area contributed by atoms with Gasteiger partial charge >= 0.3 is 29.8 Å². The van der Waals surface area contributed by atoms with Crippen molar-refractivity contribution in [3.05, 3.63) is 0 Å². The van der Waals surface area contributed by atoms with Crippen LogP contribution < -0.4 is 11.5 Å². The van der Waals surface area contributed by atoms with Gasteiger partial charge in [-0.2, -0.15) is 0 Å². The van der Waals surface area contributed by atoms with Crippen molar-refractivity contribution >= 4 is 29.8 Å². The third-order valence-corrected chi connectivity index (χ3v) is 2.78. The Kier molecular flexibility index (Phi) is 18.9. The second-order valence-electron chi connectivity index (χ2n) is 5.84. The van der Waals surface area contributed by atoms with Crippen LogP contribution in [0.3, 0.4) is 0 Å². The molecule has 0 spiro atoms. The maximum Gasteiger partial charge on any atom is 0.306 e. The molecule has 164 valence electrons. The lowest BCUT2D eigenvalue weighted by atomic mass is 10.0. The molecular weight excluding hydrogens is 380 g/mol. The first-order valence-corrected chi connectivity index (χ1v) is 8.40. The zero-order valence-electron chi connectivity index (χ0n) is 15.8. The largest absolute Gasteiger partial charge is 0.481 e. The predicted molar refractivity (Wildman–Crippen MR) is 96.5 cm³/mol. The number of carboxylic acids is 5. The molecule has 0 amide bonds. The number of nitrogens with two attached hydrogens (primary N) is 2. The Morgan fingerprint density at radius 3 is 1.21 bits per heavy atom. The van der Waals surface area contributed by atoms with E-state index in [1.807, 2.05) is 6.92 Å². The van der Waals surface area contributed by atoms with Crippen LogP contribution in [0, 0.1) is 0 Å². The number of unbranched alkanes of at least 4 members (excludes halogenated alkanes) is 1. The molecular formula is C16H30N2O10. The van der Waals surface area contributed by atoms with Gasteiger partial charge < -0.3 is 37.0 Å². The summed E-state index contributed by atoms with van der Waals surface area (Å²) in [7, 11) is 0. The summed E-state index contributed by atoms with van der Waals surface area (Å²) in [5, 5.41) is 40.7. The number of rotatable bonds is 12. The minimum Gasteiger partial charge on any atom is -0.481 e. The molecule has 12 nitrogen and oxygen atoms in total. The van der Waals surface area contributed by atoms with Gasteiger partial charge in [-0.15, -0.1) is 0 Å². The van der Waals surface area contributed by atoms with Crippen molar-refractivity contribution in [1.29, 1.82) is 0 Å². The lowest BCUT2D eigenvalue weighted by Crippen LogP contribution is -2.51. The fraction of sp³-hybridized carbons (Fsp3) is 0.688. The zero-order chi connectivity index (χ0) is 22.8. The van der Waals surface area contributed by atoms with Gasteiger partial charge in [0.25, 0.3) is 0 Å². The molecule has 0 fully saturated rings. The van der Waals surface area contributed by atoms with Crippen molar-refractivity contribution in [3.8, 4) is 0 Å². The van der Waals surface area contributed by atoms with Crippen molar-refractivity contribution in [2.45, 2.75) is 70.4 Å². The summed E-state index contributed by atoms with van der Waals surface area (Å²) in [6.45, 7) is 1.84. The maximum absolute atomic E-state index is 10.2. The average Bonchev–Trinajstić information content (AvgIpc) is 2.49. The number of hydrogen-bond acceptors (Lipinski definition) is 7. The van der Waals surface area contributed by atoms with Gasteiger partial charge in [0.15, 0.2) is 0 Å². The molecule has 0 saturated carbocycles. The maximum atomic E-state index is 10.2. The van der Waals surface area contributed by atoms with Crippen molar-refractivity contribution in [2.75, 3.05) is 0 Å². The molecule has 0 aromatic carbocycles. The standard InChI is InChI=1S/C6H12N2O4.C6H10O4.C4H8O2/c7-6(8,3-5(11)12)2-1-4(9)10;7-5(8)3-1-2-4-6(9)10;1-2-3-4(5)6/h1-3,7-8H2,(H,9,10)(H,11,12);1-4H2,(H,7,8)(H,9,10);2-3H2,1H3,(H,5,6). The van der Waals surface area contributed by atoms with Crippen LogP contribution in [0.15, 0.2) is 0 Å². The number of aliphatic carboxylic acids is 5. The number of hydrogen-bond donors (Lipinski definition) is 7. The van der Waals surface area contributed by atoms with Crippen LogP contribution in [0.1, 0.15) is 64.7 Å². The fourth-order valence-electron chi connectivity index (χ4n) is 1.48. The molecule has 0 bridgehead atoms. The Balaban J connectivity index is -0.000000354. The molecule has 0 aromatic rings. The van der Waals surface area contributed by atoms with E-state index in [9.17, 15) is 24.0 Å².